The van der Waals surface area contributed by atoms with Crippen molar-refractivity contribution in [2.24, 2.45) is 11.8 Å². The summed E-state index contributed by atoms with van der Waals surface area (Å²) in [7, 11) is 0. The molecule has 1 saturated carbocycles. The first-order valence-electron chi connectivity index (χ1n) is 12.0. The van der Waals surface area contributed by atoms with Gasteiger partial charge in [0.1, 0.15) is 17.5 Å². The summed E-state index contributed by atoms with van der Waals surface area (Å²) in [5.41, 5.74) is -0.0103. The lowest BCUT2D eigenvalue weighted by Gasteiger charge is -2.44. The van der Waals surface area contributed by atoms with Gasteiger partial charge in [0.15, 0.2) is 0 Å². The molecule has 0 heterocycles. The van der Waals surface area contributed by atoms with Crippen molar-refractivity contribution in [1.29, 1.82) is 0 Å². The molecule has 0 saturated heterocycles. The molecule has 4 rings (SSSR count). The molecule has 36 heavy (non-hydrogen) atoms. The minimum atomic E-state index is -1.67. The van der Waals surface area contributed by atoms with Crippen molar-refractivity contribution < 1.29 is 24.2 Å². The summed E-state index contributed by atoms with van der Waals surface area (Å²) >= 11 is 0. The topological polar surface area (TPSA) is 105 Å². The predicted octanol–water partition coefficient (Wildman–Crippen LogP) is 4.40. The third-order valence-corrected chi connectivity index (χ3v) is 6.47. The van der Waals surface area contributed by atoms with Gasteiger partial charge in [-0.05, 0) is 55.8 Å². The van der Waals surface area contributed by atoms with Gasteiger partial charge in [0.2, 0.25) is 11.8 Å². The average molecular weight is 487 g/mol. The van der Waals surface area contributed by atoms with Gasteiger partial charge in [0, 0.05) is 23.7 Å². The van der Waals surface area contributed by atoms with Crippen molar-refractivity contribution in [3.05, 3.63) is 90.5 Å². The van der Waals surface area contributed by atoms with Gasteiger partial charge in [0.05, 0.1) is 18.1 Å². The summed E-state index contributed by atoms with van der Waals surface area (Å²) < 4.78 is 5.65. The van der Waals surface area contributed by atoms with Crippen LogP contribution in [0.2, 0.25) is 0 Å². The number of carbonyl (C=O) groups excluding carboxylic acids is 3. The first kappa shape index (κ1) is 25.1. The highest BCUT2D eigenvalue weighted by Gasteiger charge is 2.56. The molecule has 186 valence electrons. The molecule has 1 aliphatic rings. The molecule has 4 atom stereocenters. The van der Waals surface area contributed by atoms with Crippen LogP contribution in [0, 0.1) is 11.8 Å². The molecule has 3 N–H and O–H groups in total. The third kappa shape index (κ3) is 5.47. The van der Waals surface area contributed by atoms with Crippen LogP contribution < -0.4 is 15.4 Å². The molecule has 1 fully saturated rings. The Balaban J connectivity index is 1.78. The van der Waals surface area contributed by atoms with E-state index in [4.69, 9.17) is 4.74 Å². The second kappa shape index (κ2) is 10.7. The molecular weight excluding hydrogens is 456 g/mol. The smallest absolute Gasteiger partial charge is 0.235 e. The maximum atomic E-state index is 13.7. The standard InChI is InChI=1S/C29H30N2O5/c1-3-36-22-16-10-11-19(17-22)24-25(27(33)30-20-12-6-4-7-13-20)23(32)18-29(2,35)26(24)28(34)31-21-14-8-5-9-15-21/h4-17,24-26,35H,3,18H2,1-2H3,(H,30,33)(H,31,34)/t24-,25-,26-,29+/m1/s1. The van der Waals surface area contributed by atoms with Crippen molar-refractivity contribution >= 4 is 29.0 Å². The van der Waals surface area contributed by atoms with Gasteiger partial charge in [-0.1, -0.05) is 48.5 Å². The van der Waals surface area contributed by atoms with Gasteiger partial charge < -0.3 is 20.5 Å². The molecule has 0 spiro atoms. The van der Waals surface area contributed by atoms with Crippen LogP contribution in [0.1, 0.15) is 31.7 Å². The first-order valence-corrected chi connectivity index (χ1v) is 12.0. The van der Waals surface area contributed by atoms with Crippen LogP contribution in [0.4, 0.5) is 11.4 Å². The summed E-state index contributed by atoms with van der Waals surface area (Å²) in [4.78, 5) is 40.6. The highest BCUT2D eigenvalue weighted by atomic mass is 16.5. The van der Waals surface area contributed by atoms with E-state index in [0.29, 0.717) is 29.3 Å². The van der Waals surface area contributed by atoms with Crippen molar-refractivity contribution in [2.45, 2.75) is 31.8 Å². The second-order valence-corrected chi connectivity index (χ2v) is 9.20. The molecule has 3 aromatic rings. The van der Waals surface area contributed by atoms with Gasteiger partial charge in [-0.3, -0.25) is 14.4 Å². The van der Waals surface area contributed by atoms with E-state index in [2.05, 4.69) is 10.6 Å². The maximum absolute atomic E-state index is 13.7. The fraction of sp³-hybridized carbons (Fsp3) is 0.276. The van der Waals surface area contributed by atoms with Crippen LogP contribution in [0.5, 0.6) is 5.75 Å². The number of amides is 2. The predicted molar refractivity (Wildman–Crippen MR) is 138 cm³/mol. The fourth-order valence-corrected chi connectivity index (χ4v) is 4.95. The lowest BCUT2D eigenvalue weighted by Crippen LogP contribution is -2.56. The zero-order valence-electron chi connectivity index (χ0n) is 20.3. The highest BCUT2D eigenvalue weighted by molar-refractivity contribution is 6.10. The lowest BCUT2D eigenvalue weighted by atomic mass is 9.61. The van der Waals surface area contributed by atoms with Gasteiger partial charge in [0.25, 0.3) is 0 Å². The average Bonchev–Trinajstić information content (AvgIpc) is 2.84. The summed E-state index contributed by atoms with van der Waals surface area (Å²) in [5.74, 6) is -4.06. The Labute approximate surface area is 210 Å². The highest BCUT2D eigenvalue weighted by Crippen LogP contribution is 2.47. The van der Waals surface area contributed by atoms with E-state index in [1.54, 1.807) is 72.8 Å². The molecule has 0 aliphatic heterocycles. The Bertz CT molecular complexity index is 1230. The molecule has 1 aliphatic carbocycles. The van der Waals surface area contributed by atoms with Crippen LogP contribution in [0.3, 0.4) is 0 Å². The van der Waals surface area contributed by atoms with E-state index in [-0.39, 0.29) is 6.42 Å². The Kier molecular flexibility index (Phi) is 7.50. The zero-order valence-corrected chi connectivity index (χ0v) is 20.3. The lowest BCUT2D eigenvalue weighted by molar-refractivity contribution is -0.150. The van der Waals surface area contributed by atoms with Gasteiger partial charge in [-0.2, -0.15) is 0 Å². The van der Waals surface area contributed by atoms with Crippen molar-refractivity contribution in [3.63, 3.8) is 0 Å². The monoisotopic (exact) mass is 486 g/mol. The van der Waals surface area contributed by atoms with Gasteiger partial charge >= 0.3 is 0 Å². The summed E-state index contributed by atoms with van der Waals surface area (Å²) in [6.45, 7) is 3.76. The van der Waals surface area contributed by atoms with Gasteiger partial charge in [-0.25, -0.2) is 0 Å². The number of anilines is 2. The fourth-order valence-electron chi connectivity index (χ4n) is 4.95. The van der Waals surface area contributed by atoms with Crippen LogP contribution in [-0.2, 0) is 14.4 Å². The first-order chi connectivity index (χ1) is 17.3. The SMILES string of the molecule is CCOc1cccc([C@@H]2[C@H](C(=O)Nc3ccccc3)C(=O)C[C@](C)(O)[C@H]2C(=O)Nc2ccccc2)c1. The van der Waals surface area contributed by atoms with E-state index in [1.807, 2.05) is 19.1 Å². The molecular formula is C29H30N2O5. The molecule has 7 heteroatoms. The zero-order chi connectivity index (χ0) is 25.7. The molecule has 0 unspecified atom stereocenters. The van der Waals surface area contributed by atoms with Gasteiger partial charge in [-0.15, -0.1) is 0 Å². The molecule has 0 bridgehead atoms. The number of hydrogen-bond donors (Lipinski definition) is 3. The largest absolute Gasteiger partial charge is 0.494 e. The van der Waals surface area contributed by atoms with E-state index < -0.39 is 41.0 Å². The molecule has 7 nitrogen and oxygen atoms in total. The summed E-state index contributed by atoms with van der Waals surface area (Å²) in [6.07, 6.45) is -0.325. The molecule has 2 amide bonds. The third-order valence-electron chi connectivity index (χ3n) is 6.47. The minimum absolute atomic E-state index is 0.325. The van der Waals surface area contributed by atoms with Crippen molar-refractivity contribution in [2.75, 3.05) is 17.2 Å². The number of para-hydroxylation sites is 2. The quantitative estimate of drug-likeness (QED) is 0.429. The summed E-state index contributed by atoms with van der Waals surface area (Å²) in [5, 5.41) is 17.1. The van der Waals surface area contributed by atoms with Crippen LogP contribution >= 0.6 is 0 Å². The van der Waals surface area contributed by atoms with Crippen molar-refractivity contribution in [1.82, 2.24) is 0 Å². The van der Waals surface area contributed by atoms with Crippen LogP contribution in [-0.4, -0.2) is 34.9 Å². The Morgan fingerprint density at radius 1 is 0.917 bits per heavy atom. The number of benzene rings is 3. The van der Waals surface area contributed by atoms with Crippen LogP contribution in [0.25, 0.3) is 0 Å². The molecule has 3 aromatic carbocycles. The normalized spacial score (nSPS) is 23.5. The number of hydrogen-bond acceptors (Lipinski definition) is 5. The van der Waals surface area contributed by atoms with E-state index in [0.717, 1.165) is 0 Å². The van der Waals surface area contributed by atoms with E-state index in [1.165, 1.54) is 6.92 Å². The number of rotatable bonds is 7. The minimum Gasteiger partial charge on any atom is -0.494 e. The van der Waals surface area contributed by atoms with Crippen LogP contribution in [0.15, 0.2) is 84.9 Å². The number of carbonyl (C=O) groups is 3. The number of ether oxygens (including phenoxy) is 1. The molecule has 0 radical (unpaired) electrons. The second-order valence-electron chi connectivity index (χ2n) is 9.20. The number of aliphatic hydroxyl groups is 1. The van der Waals surface area contributed by atoms with E-state index >= 15 is 0 Å². The number of Topliss-reactive ketones (excluding diaryl/α,β-unsaturated/α-hetero) is 1. The van der Waals surface area contributed by atoms with E-state index in [9.17, 15) is 19.5 Å². The Morgan fingerprint density at radius 3 is 2.08 bits per heavy atom. The number of ketones is 1. The van der Waals surface area contributed by atoms with Crippen molar-refractivity contribution in [3.8, 4) is 5.75 Å². The Hall–Kier alpha value is -3.97. The Morgan fingerprint density at radius 2 is 1.50 bits per heavy atom. The number of nitrogens with one attached hydrogen (secondary N) is 2. The molecule has 0 aromatic heterocycles. The maximum Gasteiger partial charge on any atom is 0.235 e. The summed E-state index contributed by atoms with van der Waals surface area (Å²) in [6, 6.07) is 24.7.